The van der Waals surface area contributed by atoms with Gasteiger partial charge in [0, 0.05) is 35.3 Å². The number of hydrogen-bond acceptors (Lipinski definition) is 4. The molecule has 2 N–H and O–H groups in total. The third-order valence-corrected chi connectivity index (χ3v) is 6.33. The molecule has 2 heterocycles. The number of ether oxygens (including phenoxy) is 2. The van der Waals surface area contributed by atoms with E-state index in [9.17, 15) is 4.79 Å². The molecule has 0 aliphatic carbocycles. The molecule has 0 spiro atoms. The molecule has 0 radical (unpaired) electrons. The number of H-pyrrole nitrogens is 1. The summed E-state index contributed by atoms with van der Waals surface area (Å²) in [6.07, 6.45) is 3.36. The maximum Gasteiger partial charge on any atom is 0.328 e. The van der Waals surface area contributed by atoms with Crippen LogP contribution in [0.1, 0.15) is 49.2 Å². The van der Waals surface area contributed by atoms with Crippen LogP contribution >= 0.6 is 0 Å². The Morgan fingerprint density at radius 1 is 1.24 bits per heavy atom. The second kappa shape index (κ2) is 9.14. The van der Waals surface area contributed by atoms with Crippen molar-refractivity contribution >= 4 is 22.9 Å². The Kier molecular flexibility index (Phi) is 6.41. The average molecular weight is 467 g/mol. The molecule has 0 saturated heterocycles. The van der Waals surface area contributed by atoms with Gasteiger partial charge in [0.05, 0.1) is 25.8 Å². The Labute approximate surface area is 199 Å². The molecular weight excluding hydrogens is 435 g/mol. The summed E-state index contributed by atoms with van der Waals surface area (Å²) in [5.41, 5.74) is 3.23. The van der Waals surface area contributed by atoms with Crippen molar-refractivity contribution in [3.8, 4) is 11.5 Å². The minimum atomic E-state index is -1.42. The fourth-order valence-electron chi connectivity index (χ4n) is 4.99. The van der Waals surface area contributed by atoms with Crippen LogP contribution in [0.2, 0.25) is 0 Å². The third kappa shape index (κ3) is 4.53. The van der Waals surface area contributed by atoms with Gasteiger partial charge in [-0.15, -0.1) is 0 Å². The van der Waals surface area contributed by atoms with E-state index in [1.165, 1.54) is 11.6 Å². The number of carboxylic acids is 1. The second-order valence-corrected chi connectivity index (χ2v) is 9.42. The number of aliphatic carboxylic acids is 1. The average Bonchev–Trinajstić information content (AvgIpc) is 3.15. The summed E-state index contributed by atoms with van der Waals surface area (Å²) in [7, 11) is 3.15. The van der Waals surface area contributed by atoms with E-state index in [1.807, 2.05) is 18.2 Å². The molecule has 3 aromatic rings. The lowest BCUT2D eigenvalue weighted by Gasteiger charge is -2.43. The Bertz CT molecular complexity index is 1220. The van der Waals surface area contributed by atoms with E-state index in [1.54, 1.807) is 40.2 Å². The number of fused-ring (bicyclic) bond motifs is 3. The van der Waals surface area contributed by atoms with E-state index < -0.39 is 11.6 Å². The first-order valence-electron chi connectivity index (χ1n) is 11.3. The molecule has 7 heteroatoms. The molecule has 0 saturated carbocycles. The van der Waals surface area contributed by atoms with Crippen LogP contribution in [-0.4, -0.2) is 53.4 Å². The first kappa shape index (κ1) is 23.8. The standard InChI is InChI=1S/C27H31FN2O4/c1-16-12-19-18-8-6-7-9-20(18)29-25(19)26(30(16)15-27(2,3)28)24-21(33-4)13-17(10-11-23(31)32)14-22(24)34-5/h6-11,13-14,16,26,29H,12,15H2,1-5H3,(H,31,32)/b11-10+/t16-,26-/m1/s1. The summed E-state index contributed by atoms with van der Waals surface area (Å²) in [6, 6.07) is 11.5. The van der Waals surface area contributed by atoms with Crippen LogP contribution in [0.3, 0.4) is 0 Å². The van der Waals surface area contributed by atoms with Gasteiger partial charge in [-0.1, -0.05) is 18.2 Å². The lowest BCUT2D eigenvalue weighted by molar-refractivity contribution is -0.131. The topological polar surface area (TPSA) is 74.8 Å². The third-order valence-electron chi connectivity index (χ3n) is 6.33. The maximum atomic E-state index is 15.0. The number of hydrogen-bond donors (Lipinski definition) is 2. The number of halogens is 1. The number of aromatic amines is 1. The van der Waals surface area contributed by atoms with Crippen LogP contribution in [0.4, 0.5) is 4.39 Å². The molecule has 34 heavy (non-hydrogen) atoms. The Morgan fingerprint density at radius 2 is 1.88 bits per heavy atom. The summed E-state index contributed by atoms with van der Waals surface area (Å²) in [6.45, 7) is 5.52. The van der Waals surface area contributed by atoms with E-state index in [0.717, 1.165) is 34.7 Å². The summed E-state index contributed by atoms with van der Waals surface area (Å²) < 4.78 is 26.6. The van der Waals surface area contributed by atoms with Crippen molar-refractivity contribution in [3.05, 3.63) is 64.9 Å². The number of nitrogens with zero attached hydrogens (tertiary/aromatic N) is 1. The molecule has 180 valence electrons. The number of carbonyl (C=O) groups is 1. The molecule has 6 nitrogen and oxygen atoms in total. The van der Waals surface area contributed by atoms with Gasteiger partial charge in [-0.25, -0.2) is 9.18 Å². The van der Waals surface area contributed by atoms with Crippen LogP contribution in [0.15, 0.2) is 42.5 Å². The monoisotopic (exact) mass is 466 g/mol. The highest BCUT2D eigenvalue weighted by atomic mass is 19.1. The zero-order chi connectivity index (χ0) is 24.6. The summed E-state index contributed by atoms with van der Waals surface area (Å²) in [5, 5.41) is 10.2. The molecule has 2 aromatic carbocycles. The van der Waals surface area contributed by atoms with Gasteiger partial charge in [0.1, 0.15) is 17.2 Å². The smallest absolute Gasteiger partial charge is 0.328 e. The molecule has 2 atom stereocenters. The van der Waals surface area contributed by atoms with Gasteiger partial charge < -0.3 is 19.6 Å². The van der Waals surface area contributed by atoms with Crippen LogP contribution < -0.4 is 9.47 Å². The molecule has 0 unspecified atom stereocenters. The molecule has 4 rings (SSSR count). The molecule has 1 aromatic heterocycles. The number of carboxylic acid groups (broad SMARTS) is 1. The lowest BCUT2D eigenvalue weighted by Crippen LogP contribution is -2.48. The lowest BCUT2D eigenvalue weighted by atomic mass is 9.86. The highest BCUT2D eigenvalue weighted by molar-refractivity contribution is 5.86. The molecule has 1 aliphatic rings. The van der Waals surface area contributed by atoms with E-state index in [4.69, 9.17) is 14.6 Å². The van der Waals surface area contributed by atoms with Crippen LogP contribution in [0.25, 0.3) is 17.0 Å². The fraction of sp³-hybridized carbons (Fsp3) is 0.370. The zero-order valence-electron chi connectivity index (χ0n) is 20.2. The molecule has 0 fully saturated rings. The SMILES string of the molecule is COc1cc(/C=C/C(=O)O)cc(OC)c1[C@@H]1c2[nH]c3ccccc3c2C[C@@H](C)N1CC(C)(C)F. The predicted octanol–water partition coefficient (Wildman–Crippen LogP) is 5.37. The number of methoxy groups -OCH3 is 2. The van der Waals surface area contributed by atoms with E-state index in [-0.39, 0.29) is 18.6 Å². The quantitative estimate of drug-likeness (QED) is 0.458. The van der Waals surface area contributed by atoms with E-state index >= 15 is 4.39 Å². The molecule has 1 aliphatic heterocycles. The van der Waals surface area contributed by atoms with Crippen LogP contribution in [-0.2, 0) is 11.2 Å². The number of rotatable bonds is 7. The summed E-state index contributed by atoms with van der Waals surface area (Å²) in [4.78, 5) is 16.8. The van der Waals surface area contributed by atoms with Crippen molar-refractivity contribution in [3.63, 3.8) is 0 Å². The van der Waals surface area contributed by atoms with Crippen LogP contribution in [0, 0.1) is 0 Å². The summed E-state index contributed by atoms with van der Waals surface area (Å²) in [5.74, 6) is 0.0618. The van der Waals surface area contributed by atoms with Gasteiger partial charge in [0.15, 0.2) is 0 Å². The van der Waals surface area contributed by atoms with E-state index in [2.05, 4.69) is 22.9 Å². The molecular formula is C27H31FN2O4. The molecule has 0 bridgehead atoms. The molecule has 0 amide bonds. The van der Waals surface area contributed by atoms with Crippen molar-refractivity contribution in [1.29, 1.82) is 0 Å². The van der Waals surface area contributed by atoms with Crippen molar-refractivity contribution in [2.24, 2.45) is 0 Å². The summed E-state index contributed by atoms with van der Waals surface area (Å²) >= 11 is 0. The van der Waals surface area contributed by atoms with Crippen molar-refractivity contribution in [1.82, 2.24) is 9.88 Å². The first-order chi connectivity index (χ1) is 16.1. The number of aromatic nitrogens is 1. The Morgan fingerprint density at radius 3 is 2.47 bits per heavy atom. The first-order valence-corrected chi connectivity index (χ1v) is 11.3. The van der Waals surface area contributed by atoms with Gasteiger partial charge in [0.25, 0.3) is 0 Å². The zero-order valence-corrected chi connectivity index (χ0v) is 20.2. The Hall–Kier alpha value is -3.32. The fourth-order valence-corrected chi connectivity index (χ4v) is 4.99. The number of alkyl halides is 1. The number of para-hydroxylation sites is 1. The maximum absolute atomic E-state index is 15.0. The predicted molar refractivity (Wildman–Crippen MR) is 131 cm³/mol. The van der Waals surface area contributed by atoms with Gasteiger partial charge >= 0.3 is 5.97 Å². The van der Waals surface area contributed by atoms with Crippen molar-refractivity contribution < 1.29 is 23.8 Å². The second-order valence-electron chi connectivity index (χ2n) is 9.42. The van der Waals surface area contributed by atoms with Gasteiger partial charge in [-0.2, -0.15) is 0 Å². The minimum Gasteiger partial charge on any atom is -0.496 e. The highest BCUT2D eigenvalue weighted by Gasteiger charge is 2.41. The number of benzene rings is 2. The van der Waals surface area contributed by atoms with Gasteiger partial charge in [-0.05, 0) is 62.6 Å². The van der Waals surface area contributed by atoms with Gasteiger partial charge in [0.2, 0.25) is 0 Å². The largest absolute Gasteiger partial charge is 0.496 e. The normalized spacial score (nSPS) is 18.9. The van der Waals surface area contributed by atoms with Gasteiger partial charge in [-0.3, -0.25) is 4.90 Å². The minimum absolute atomic E-state index is 0.0627. The Balaban J connectivity index is 1.98. The van der Waals surface area contributed by atoms with Crippen molar-refractivity contribution in [2.45, 2.75) is 44.9 Å². The van der Waals surface area contributed by atoms with Crippen LogP contribution in [0.5, 0.6) is 11.5 Å². The number of nitrogens with one attached hydrogen (secondary N) is 1. The van der Waals surface area contributed by atoms with E-state index in [0.29, 0.717) is 17.1 Å². The van der Waals surface area contributed by atoms with Crippen molar-refractivity contribution in [2.75, 3.05) is 20.8 Å². The highest BCUT2D eigenvalue weighted by Crippen LogP contribution is 2.47.